The molecule has 1 fully saturated rings. The summed E-state index contributed by atoms with van der Waals surface area (Å²) in [5, 5.41) is 15.6. The standard InChI is InChI=1S/C24H28ClN7/c1-3-19-10-7-11-31(19)24-21(25)20-22(18-8-5-4-6-9-18)28-32(23(20)26-27-24)17-16-30-14-12-29(2)13-15-30/h4-11H,3,12-17H2,1-2H3. The van der Waals surface area contributed by atoms with Gasteiger partial charge in [0.1, 0.15) is 5.69 Å². The highest BCUT2D eigenvalue weighted by atomic mass is 35.5. The Hall–Kier alpha value is -2.74. The van der Waals surface area contributed by atoms with Crippen molar-refractivity contribution in [1.82, 2.24) is 34.3 Å². The van der Waals surface area contributed by atoms with Crippen molar-refractivity contribution in [2.24, 2.45) is 0 Å². The van der Waals surface area contributed by atoms with Gasteiger partial charge < -0.3 is 9.47 Å². The van der Waals surface area contributed by atoms with Gasteiger partial charge in [0, 0.05) is 50.2 Å². The van der Waals surface area contributed by atoms with E-state index in [2.05, 4.69) is 52.2 Å². The predicted octanol–water partition coefficient (Wildman–Crippen LogP) is 3.75. The van der Waals surface area contributed by atoms with Gasteiger partial charge in [0.2, 0.25) is 0 Å². The number of nitrogens with zero attached hydrogens (tertiary/aromatic N) is 7. The summed E-state index contributed by atoms with van der Waals surface area (Å²) in [5.41, 5.74) is 3.76. The van der Waals surface area contributed by atoms with Crippen LogP contribution in [-0.2, 0) is 13.0 Å². The molecule has 0 aliphatic carbocycles. The zero-order valence-electron chi connectivity index (χ0n) is 18.6. The molecule has 0 amide bonds. The van der Waals surface area contributed by atoms with E-state index in [4.69, 9.17) is 16.7 Å². The highest BCUT2D eigenvalue weighted by molar-refractivity contribution is 6.37. The zero-order valence-corrected chi connectivity index (χ0v) is 19.3. The van der Waals surface area contributed by atoms with Gasteiger partial charge in [-0.25, -0.2) is 4.68 Å². The lowest BCUT2D eigenvalue weighted by Crippen LogP contribution is -2.45. The fourth-order valence-corrected chi connectivity index (χ4v) is 4.64. The molecule has 1 aromatic carbocycles. The second kappa shape index (κ2) is 9.02. The van der Waals surface area contributed by atoms with Crippen LogP contribution < -0.4 is 0 Å². The Labute approximate surface area is 193 Å². The summed E-state index contributed by atoms with van der Waals surface area (Å²) >= 11 is 7.00. The molecule has 0 saturated carbocycles. The van der Waals surface area contributed by atoms with Crippen LogP contribution in [0, 0.1) is 0 Å². The lowest BCUT2D eigenvalue weighted by molar-refractivity contribution is 0.149. The summed E-state index contributed by atoms with van der Waals surface area (Å²) in [7, 11) is 2.17. The monoisotopic (exact) mass is 449 g/mol. The first-order valence-corrected chi connectivity index (χ1v) is 11.6. The Balaban J connectivity index is 1.57. The van der Waals surface area contributed by atoms with Gasteiger partial charge in [-0.2, -0.15) is 5.10 Å². The van der Waals surface area contributed by atoms with Crippen LogP contribution in [0.5, 0.6) is 0 Å². The van der Waals surface area contributed by atoms with Gasteiger partial charge >= 0.3 is 0 Å². The highest BCUT2D eigenvalue weighted by Gasteiger charge is 2.22. The molecule has 1 aliphatic rings. The first-order chi connectivity index (χ1) is 15.7. The fraction of sp³-hybridized carbons (Fsp3) is 0.375. The normalized spacial score (nSPS) is 15.6. The van der Waals surface area contributed by atoms with Crippen molar-refractivity contribution < 1.29 is 0 Å². The van der Waals surface area contributed by atoms with Gasteiger partial charge in [-0.3, -0.25) is 4.90 Å². The Morgan fingerprint density at radius 1 is 0.938 bits per heavy atom. The third-order valence-electron chi connectivity index (χ3n) is 6.28. The molecule has 1 aliphatic heterocycles. The lowest BCUT2D eigenvalue weighted by Gasteiger charge is -2.32. The molecule has 0 N–H and O–H groups in total. The summed E-state index contributed by atoms with van der Waals surface area (Å²) in [4.78, 5) is 4.85. The van der Waals surface area contributed by atoms with Crippen molar-refractivity contribution in [2.75, 3.05) is 39.8 Å². The molecule has 0 spiro atoms. The fourth-order valence-electron chi connectivity index (χ4n) is 4.33. The van der Waals surface area contributed by atoms with Gasteiger partial charge in [-0.15, -0.1) is 10.2 Å². The number of aromatic nitrogens is 5. The molecular formula is C24H28ClN7. The van der Waals surface area contributed by atoms with Crippen LogP contribution in [0.25, 0.3) is 28.1 Å². The molecule has 8 heteroatoms. The van der Waals surface area contributed by atoms with E-state index in [1.807, 2.05) is 39.7 Å². The molecule has 0 radical (unpaired) electrons. The molecule has 4 aromatic rings. The largest absolute Gasteiger partial charge is 0.304 e. The van der Waals surface area contributed by atoms with E-state index >= 15 is 0 Å². The Kier molecular flexibility index (Phi) is 5.95. The Morgan fingerprint density at radius 3 is 2.47 bits per heavy atom. The molecule has 5 rings (SSSR count). The molecule has 1 saturated heterocycles. The number of hydrogen-bond donors (Lipinski definition) is 0. The number of piperazine rings is 1. The van der Waals surface area contributed by atoms with Crippen molar-refractivity contribution in [1.29, 1.82) is 0 Å². The molecular weight excluding hydrogens is 422 g/mol. The first kappa shape index (κ1) is 21.1. The SMILES string of the molecule is CCc1cccn1-c1nnc2c(c(-c3ccccc3)nn2CCN2CCN(C)CC2)c1Cl. The van der Waals surface area contributed by atoms with Crippen LogP contribution in [-0.4, -0.2) is 74.1 Å². The van der Waals surface area contributed by atoms with Crippen molar-refractivity contribution in [2.45, 2.75) is 19.9 Å². The second-order valence-electron chi connectivity index (χ2n) is 8.34. The predicted molar refractivity (Wildman–Crippen MR) is 128 cm³/mol. The van der Waals surface area contributed by atoms with E-state index in [0.29, 0.717) is 10.8 Å². The van der Waals surface area contributed by atoms with E-state index in [0.717, 1.165) is 73.7 Å². The summed E-state index contributed by atoms with van der Waals surface area (Å²) in [6.07, 6.45) is 2.87. The third-order valence-corrected chi connectivity index (χ3v) is 6.63. The maximum absolute atomic E-state index is 7.00. The van der Waals surface area contributed by atoms with E-state index in [-0.39, 0.29) is 0 Å². The van der Waals surface area contributed by atoms with Gasteiger partial charge in [-0.1, -0.05) is 48.9 Å². The molecule has 3 aromatic heterocycles. The molecule has 0 bridgehead atoms. The van der Waals surface area contributed by atoms with Gasteiger partial charge in [0.15, 0.2) is 11.5 Å². The minimum absolute atomic E-state index is 0.589. The lowest BCUT2D eigenvalue weighted by atomic mass is 10.1. The number of hydrogen-bond acceptors (Lipinski definition) is 5. The van der Waals surface area contributed by atoms with Crippen LogP contribution >= 0.6 is 11.6 Å². The summed E-state index contributed by atoms with van der Waals surface area (Å²) in [5.74, 6) is 0.650. The van der Waals surface area contributed by atoms with Crippen molar-refractivity contribution >= 4 is 22.6 Å². The molecule has 7 nitrogen and oxygen atoms in total. The van der Waals surface area contributed by atoms with Crippen LogP contribution in [0.4, 0.5) is 0 Å². The average Bonchev–Trinajstić information content (AvgIpc) is 3.45. The molecule has 166 valence electrons. The van der Waals surface area contributed by atoms with Crippen LogP contribution in [0.3, 0.4) is 0 Å². The first-order valence-electron chi connectivity index (χ1n) is 11.2. The zero-order chi connectivity index (χ0) is 22.1. The smallest absolute Gasteiger partial charge is 0.182 e. The van der Waals surface area contributed by atoms with Crippen molar-refractivity contribution in [3.05, 3.63) is 59.4 Å². The molecule has 0 atom stereocenters. The Morgan fingerprint density at radius 2 is 1.72 bits per heavy atom. The van der Waals surface area contributed by atoms with Gasteiger partial charge in [0.25, 0.3) is 0 Å². The van der Waals surface area contributed by atoms with Gasteiger partial charge in [0.05, 0.1) is 17.0 Å². The van der Waals surface area contributed by atoms with E-state index < -0.39 is 0 Å². The summed E-state index contributed by atoms with van der Waals surface area (Å²) in [6, 6.07) is 14.3. The van der Waals surface area contributed by atoms with Gasteiger partial charge in [-0.05, 0) is 25.6 Å². The highest BCUT2D eigenvalue weighted by Crippen LogP contribution is 2.35. The molecule has 32 heavy (non-hydrogen) atoms. The van der Waals surface area contributed by atoms with Crippen LogP contribution in [0.1, 0.15) is 12.6 Å². The summed E-state index contributed by atoms with van der Waals surface area (Å²) < 4.78 is 3.99. The topological polar surface area (TPSA) is 55.0 Å². The summed E-state index contributed by atoms with van der Waals surface area (Å²) in [6.45, 7) is 8.15. The Bertz CT molecular complexity index is 1210. The van der Waals surface area contributed by atoms with Crippen molar-refractivity contribution in [3.63, 3.8) is 0 Å². The number of likely N-dealkylation sites (N-methyl/N-ethyl adjacent to an activating group) is 1. The van der Waals surface area contributed by atoms with Crippen molar-refractivity contribution in [3.8, 4) is 17.1 Å². The number of benzene rings is 1. The van der Waals surface area contributed by atoms with Crippen LogP contribution in [0.15, 0.2) is 48.7 Å². The third kappa shape index (κ3) is 3.92. The number of rotatable bonds is 6. The van der Waals surface area contributed by atoms with E-state index in [1.165, 1.54) is 0 Å². The number of aryl methyl sites for hydroxylation is 1. The minimum atomic E-state index is 0.589. The maximum Gasteiger partial charge on any atom is 0.182 e. The minimum Gasteiger partial charge on any atom is -0.304 e. The number of halogens is 1. The molecule has 0 unspecified atom stereocenters. The second-order valence-corrected chi connectivity index (χ2v) is 8.72. The average molecular weight is 450 g/mol. The maximum atomic E-state index is 7.00. The number of fused-ring (bicyclic) bond motifs is 1. The quantitative estimate of drug-likeness (QED) is 0.448. The van der Waals surface area contributed by atoms with Crippen LogP contribution in [0.2, 0.25) is 5.02 Å². The van der Waals surface area contributed by atoms with E-state index in [9.17, 15) is 0 Å². The molecule has 4 heterocycles. The van der Waals surface area contributed by atoms with E-state index in [1.54, 1.807) is 0 Å².